The number of halogens is 2. The van der Waals surface area contributed by atoms with E-state index >= 15 is 0 Å². The van der Waals surface area contributed by atoms with Crippen LogP contribution in [0.3, 0.4) is 0 Å². The third-order valence-electron chi connectivity index (χ3n) is 6.17. The second kappa shape index (κ2) is 15.1. The van der Waals surface area contributed by atoms with Crippen molar-refractivity contribution in [3.8, 4) is 5.75 Å². The average Bonchev–Trinajstić information content (AvgIpc) is 3.43. The number of hydrogen-bond acceptors (Lipinski definition) is 7. The van der Waals surface area contributed by atoms with Gasteiger partial charge in [0.25, 0.3) is 11.8 Å². The van der Waals surface area contributed by atoms with Crippen molar-refractivity contribution in [1.82, 2.24) is 10.3 Å². The van der Waals surface area contributed by atoms with Gasteiger partial charge < -0.3 is 20.7 Å². The minimum atomic E-state index is -0.562. The van der Waals surface area contributed by atoms with Crippen LogP contribution in [0.5, 0.6) is 5.75 Å². The molecular weight excluding hydrogens is 651 g/mol. The smallest absolute Gasteiger partial charge is 0.272 e. The Kier molecular flexibility index (Phi) is 10.7. The van der Waals surface area contributed by atoms with Gasteiger partial charge in [-0.25, -0.2) is 4.98 Å². The summed E-state index contributed by atoms with van der Waals surface area (Å²) in [6, 6.07) is 26.1. The van der Waals surface area contributed by atoms with Gasteiger partial charge in [-0.1, -0.05) is 64.9 Å². The molecule has 0 aliphatic rings. The molecule has 0 unspecified atom stereocenters. The molecule has 0 radical (unpaired) electrons. The van der Waals surface area contributed by atoms with Crippen LogP contribution in [0.15, 0.2) is 102 Å². The van der Waals surface area contributed by atoms with Crippen molar-refractivity contribution in [2.45, 2.75) is 11.8 Å². The molecule has 0 fully saturated rings. The summed E-state index contributed by atoms with van der Waals surface area (Å²) in [5.74, 6) is -0.352. The van der Waals surface area contributed by atoms with Gasteiger partial charge >= 0.3 is 0 Å². The molecule has 5 rings (SSSR count). The minimum absolute atomic E-state index is 0.0188. The van der Waals surface area contributed by atoms with Crippen LogP contribution in [0, 0.1) is 0 Å². The first-order valence-corrected chi connectivity index (χ1v) is 16.2. The van der Waals surface area contributed by atoms with Crippen molar-refractivity contribution in [3.05, 3.63) is 118 Å². The number of carbonyl (C=O) groups is 3. The zero-order chi connectivity index (χ0) is 31.8. The van der Waals surface area contributed by atoms with Gasteiger partial charge in [-0.3, -0.25) is 14.4 Å². The molecule has 4 aromatic carbocycles. The van der Waals surface area contributed by atoms with Crippen LogP contribution >= 0.6 is 46.3 Å². The highest BCUT2D eigenvalue weighted by molar-refractivity contribution is 8.00. The number of thiazole rings is 1. The van der Waals surface area contributed by atoms with Crippen molar-refractivity contribution in [2.75, 3.05) is 23.0 Å². The number of nitrogens with one attached hydrogen (secondary N) is 3. The summed E-state index contributed by atoms with van der Waals surface area (Å²) in [6.07, 6.45) is 1.48. The number of carbonyl (C=O) groups excluding carboxylic acids is 3. The molecule has 0 aliphatic heterocycles. The van der Waals surface area contributed by atoms with Gasteiger partial charge in [0.05, 0.1) is 22.6 Å². The molecular formula is C33H26Cl2N4O4S2. The summed E-state index contributed by atoms with van der Waals surface area (Å²) in [4.78, 5) is 44.3. The van der Waals surface area contributed by atoms with Gasteiger partial charge in [0.15, 0.2) is 5.13 Å². The van der Waals surface area contributed by atoms with E-state index in [9.17, 15) is 14.4 Å². The van der Waals surface area contributed by atoms with E-state index in [2.05, 4.69) is 20.9 Å². The molecule has 1 heterocycles. The number of anilines is 2. The highest BCUT2D eigenvalue weighted by Crippen LogP contribution is 2.30. The van der Waals surface area contributed by atoms with Crippen LogP contribution in [-0.4, -0.2) is 35.1 Å². The molecule has 0 saturated carbocycles. The second-order valence-electron chi connectivity index (χ2n) is 9.44. The fraction of sp³-hybridized carbons (Fsp3) is 0.0909. The maximum atomic E-state index is 13.4. The first kappa shape index (κ1) is 32.1. The largest absolute Gasteiger partial charge is 0.494 e. The number of fused-ring (bicyclic) bond motifs is 1. The van der Waals surface area contributed by atoms with Crippen molar-refractivity contribution in [3.63, 3.8) is 0 Å². The lowest BCUT2D eigenvalue weighted by Gasteiger charge is -2.12. The van der Waals surface area contributed by atoms with Crippen LogP contribution in [-0.2, 0) is 9.59 Å². The number of benzene rings is 4. The average molecular weight is 678 g/mol. The predicted octanol–water partition coefficient (Wildman–Crippen LogP) is 8.14. The predicted molar refractivity (Wildman–Crippen MR) is 184 cm³/mol. The van der Waals surface area contributed by atoms with Gasteiger partial charge in [0.2, 0.25) is 5.91 Å². The lowest BCUT2D eigenvalue weighted by molar-refractivity contribution is -0.114. The number of nitrogens with zero attached hydrogens (tertiary/aromatic N) is 1. The highest BCUT2D eigenvalue weighted by atomic mass is 35.5. The van der Waals surface area contributed by atoms with Gasteiger partial charge in [-0.05, 0) is 79.2 Å². The third-order valence-corrected chi connectivity index (χ3v) is 8.66. The number of amides is 3. The number of thioether (sulfide) groups is 1. The molecule has 0 saturated heterocycles. The molecule has 3 N–H and O–H groups in total. The Labute approximate surface area is 277 Å². The molecule has 1 aromatic heterocycles. The second-order valence-corrected chi connectivity index (χ2v) is 12.4. The first-order chi connectivity index (χ1) is 21.8. The molecule has 0 atom stereocenters. The van der Waals surface area contributed by atoms with Crippen LogP contribution in [0.25, 0.3) is 16.3 Å². The van der Waals surface area contributed by atoms with Crippen LogP contribution in [0.2, 0.25) is 10.0 Å². The fourth-order valence-corrected chi connectivity index (χ4v) is 6.23. The molecule has 45 heavy (non-hydrogen) atoms. The van der Waals surface area contributed by atoms with Gasteiger partial charge in [0.1, 0.15) is 11.4 Å². The normalized spacial score (nSPS) is 11.2. The van der Waals surface area contributed by atoms with E-state index in [0.29, 0.717) is 38.6 Å². The SMILES string of the molecule is CCOc1ccc2nc(NC(=O)CSc3cccc(NC(=O)/C(=C\c4ccc(Cl)cc4Cl)NC(=O)c4ccccc4)c3)sc2c1. The molecule has 228 valence electrons. The maximum Gasteiger partial charge on any atom is 0.272 e. The third kappa shape index (κ3) is 8.86. The van der Waals surface area contributed by atoms with E-state index in [0.717, 1.165) is 20.9 Å². The van der Waals surface area contributed by atoms with E-state index in [1.807, 2.05) is 31.2 Å². The first-order valence-electron chi connectivity index (χ1n) is 13.7. The lowest BCUT2D eigenvalue weighted by Crippen LogP contribution is -2.30. The van der Waals surface area contributed by atoms with Gasteiger partial charge in [-0.15, -0.1) is 11.8 Å². The molecule has 3 amide bonds. The standard InChI is InChI=1S/C33H26Cl2N4O4S2/c1-2-43-24-13-14-27-29(18-24)45-33(38-27)39-30(40)19-44-25-10-6-9-23(17-25)36-32(42)28(15-21-11-12-22(34)16-26(21)35)37-31(41)20-7-4-3-5-8-20/h3-18H,2,19H2,1H3,(H,36,42)(H,37,41)(H,38,39,40)/b28-15+. The molecule has 12 heteroatoms. The van der Waals surface area contributed by atoms with Gasteiger partial charge in [0, 0.05) is 26.2 Å². The topological polar surface area (TPSA) is 109 Å². The summed E-state index contributed by atoms with van der Waals surface area (Å²) >= 11 is 15.1. The molecule has 8 nitrogen and oxygen atoms in total. The van der Waals surface area contributed by atoms with E-state index < -0.39 is 11.8 Å². The molecule has 0 aliphatic carbocycles. The minimum Gasteiger partial charge on any atom is -0.494 e. The van der Waals surface area contributed by atoms with Crippen molar-refractivity contribution >= 4 is 91.1 Å². The van der Waals surface area contributed by atoms with Crippen molar-refractivity contribution in [2.24, 2.45) is 0 Å². The van der Waals surface area contributed by atoms with E-state index in [1.54, 1.807) is 66.7 Å². The number of hydrogen-bond donors (Lipinski definition) is 3. The Morgan fingerprint density at radius 2 is 1.76 bits per heavy atom. The summed E-state index contributed by atoms with van der Waals surface area (Å²) < 4.78 is 6.46. The summed E-state index contributed by atoms with van der Waals surface area (Å²) in [5.41, 5.74) is 2.12. The summed E-state index contributed by atoms with van der Waals surface area (Å²) in [5, 5.41) is 9.62. The Balaban J connectivity index is 1.25. The molecule has 0 spiro atoms. The number of ether oxygens (including phenoxy) is 1. The van der Waals surface area contributed by atoms with Gasteiger partial charge in [-0.2, -0.15) is 0 Å². The molecule has 0 bridgehead atoms. The Morgan fingerprint density at radius 1 is 0.933 bits per heavy atom. The fourth-order valence-electron chi connectivity index (χ4n) is 4.10. The van der Waals surface area contributed by atoms with Crippen LogP contribution < -0.4 is 20.7 Å². The Hall–Kier alpha value is -4.35. The zero-order valence-corrected chi connectivity index (χ0v) is 26.9. The Morgan fingerprint density at radius 3 is 2.53 bits per heavy atom. The Bertz CT molecular complexity index is 1900. The van der Waals surface area contributed by atoms with Crippen LogP contribution in [0.4, 0.5) is 10.8 Å². The summed E-state index contributed by atoms with van der Waals surface area (Å²) in [7, 11) is 0. The number of aromatic nitrogens is 1. The quantitative estimate of drug-likeness (QED) is 0.0962. The summed E-state index contributed by atoms with van der Waals surface area (Å²) in [6.45, 7) is 2.49. The lowest BCUT2D eigenvalue weighted by atomic mass is 10.1. The number of rotatable bonds is 11. The maximum absolute atomic E-state index is 13.4. The van der Waals surface area contributed by atoms with E-state index in [-0.39, 0.29) is 17.4 Å². The highest BCUT2D eigenvalue weighted by Gasteiger charge is 2.17. The van der Waals surface area contributed by atoms with E-state index in [4.69, 9.17) is 27.9 Å². The monoisotopic (exact) mass is 676 g/mol. The molecule has 5 aromatic rings. The zero-order valence-electron chi connectivity index (χ0n) is 23.8. The van der Waals surface area contributed by atoms with E-state index in [1.165, 1.54) is 29.2 Å². The van der Waals surface area contributed by atoms with Crippen molar-refractivity contribution < 1.29 is 19.1 Å². The van der Waals surface area contributed by atoms with Crippen LogP contribution in [0.1, 0.15) is 22.8 Å². The van der Waals surface area contributed by atoms with Crippen molar-refractivity contribution in [1.29, 1.82) is 0 Å².